The summed E-state index contributed by atoms with van der Waals surface area (Å²) in [5, 5.41) is 32.1. The van der Waals surface area contributed by atoms with Crippen LogP contribution in [-0.2, 0) is 28.6 Å². The van der Waals surface area contributed by atoms with Crippen LogP contribution >= 0.6 is 0 Å². The molecule has 16 nitrogen and oxygen atoms in total. The molecule has 0 aliphatic carbocycles. The summed E-state index contributed by atoms with van der Waals surface area (Å²) in [6.45, 7) is 5.61. The summed E-state index contributed by atoms with van der Waals surface area (Å²) < 4.78 is 20.5. The van der Waals surface area contributed by atoms with Gasteiger partial charge in [0.25, 0.3) is 5.69 Å². The Bertz CT molecular complexity index is 1450. The van der Waals surface area contributed by atoms with Gasteiger partial charge in [0.1, 0.15) is 30.7 Å². The molecule has 2 aromatic rings. The number of carbonyl (C=O) groups excluding carboxylic acids is 4. The van der Waals surface area contributed by atoms with Crippen LogP contribution in [0, 0.1) is 21.4 Å². The Labute approximate surface area is 246 Å². The van der Waals surface area contributed by atoms with Gasteiger partial charge in [-0.05, 0) is 19.1 Å². The molecule has 0 aliphatic heterocycles. The molecule has 0 aliphatic rings. The van der Waals surface area contributed by atoms with E-state index in [1.54, 1.807) is 17.9 Å². The third kappa shape index (κ3) is 9.78. The molecule has 2 aromatic carbocycles. The molecule has 0 atom stereocenters. The fourth-order valence-electron chi connectivity index (χ4n) is 3.68. The molecule has 43 heavy (non-hydrogen) atoms. The number of nitro groups is 1. The van der Waals surface area contributed by atoms with Crippen molar-refractivity contribution in [1.82, 2.24) is 0 Å². The van der Waals surface area contributed by atoms with Crippen LogP contribution in [0.2, 0.25) is 0 Å². The first-order chi connectivity index (χ1) is 20.4. The lowest BCUT2D eigenvalue weighted by atomic mass is 10.1. The molecule has 0 spiro atoms. The number of hydrogen-bond acceptors (Lipinski definition) is 14. The largest absolute Gasteiger partial charge is 0.494 e. The topological polar surface area (TPSA) is 212 Å². The van der Waals surface area contributed by atoms with Gasteiger partial charge in [0.15, 0.2) is 5.69 Å². The molecule has 16 heteroatoms. The molecular weight excluding hydrogens is 568 g/mol. The molecular formula is C27H30N6O10. The number of methoxy groups -OCH3 is 1. The summed E-state index contributed by atoms with van der Waals surface area (Å²) in [5.74, 6) is -2.13. The van der Waals surface area contributed by atoms with E-state index < -0.39 is 40.1 Å². The van der Waals surface area contributed by atoms with Crippen molar-refractivity contribution in [1.29, 1.82) is 5.26 Å². The fourth-order valence-corrected chi connectivity index (χ4v) is 3.68. The zero-order valence-corrected chi connectivity index (χ0v) is 24.2. The SMILES string of the molecule is CCOC(=O)c1cc(C#N)c(N=Nc2cc(OC)c(N(CCOC(C)=O)CCOC(C)=O)cc2NC(C)=O)c([N+](=O)[O-])c1. The highest BCUT2D eigenvalue weighted by Gasteiger charge is 2.24. The Morgan fingerprint density at radius 3 is 2.12 bits per heavy atom. The van der Waals surface area contributed by atoms with E-state index in [2.05, 4.69) is 15.5 Å². The zero-order valence-electron chi connectivity index (χ0n) is 24.2. The van der Waals surface area contributed by atoms with E-state index in [9.17, 15) is 34.6 Å². The van der Waals surface area contributed by atoms with E-state index in [1.165, 1.54) is 40.0 Å². The van der Waals surface area contributed by atoms with E-state index in [1.807, 2.05) is 0 Å². The van der Waals surface area contributed by atoms with Crippen molar-refractivity contribution in [3.05, 3.63) is 45.5 Å². The van der Waals surface area contributed by atoms with E-state index in [-0.39, 0.29) is 61.2 Å². The Kier molecular flexibility index (Phi) is 12.5. The lowest BCUT2D eigenvalue weighted by Crippen LogP contribution is -2.32. The Morgan fingerprint density at radius 2 is 1.63 bits per heavy atom. The standard InChI is InChI=1S/C27H30N6O10/c1-6-41-27(37)19-11-20(15-28)26(24(12-19)33(38)39)31-30-22-14-25(40-5)23(13-21(22)29-16(2)34)32(7-9-42-17(3)35)8-10-43-18(4)36/h11-14H,6-10H2,1-5H3,(H,29,34). The summed E-state index contributed by atoms with van der Waals surface area (Å²) in [5.41, 5.74) is -1.11. The Hall–Kier alpha value is -5.59. The van der Waals surface area contributed by atoms with Gasteiger partial charge < -0.3 is 29.2 Å². The molecule has 1 amide bonds. The van der Waals surface area contributed by atoms with Crippen LogP contribution in [0.1, 0.15) is 43.6 Å². The number of nitriles is 1. The number of nitrogens with zero attached hydrogens (tertiary/aromatic N) is 5. The van der Waals surface area contributed by atoms with Crippen LogP contribution in [0.25, 0.3) is 0 Å². The van der Waals surface area contributed by atoms with Gasteiger partial charge in [0.05, 0.1) is 54.2 Å². The molecule has 228 valence electrons. The third-order valence-electron chi connectivity index (χ3n) is 5.46. The minimum Gasteiger partial charge on any atom is -0.494 e. The predicted molar refractivity (Wildman–Crippen MR) is 151 cm³/mol. The van der Waals surface area contributed by atoms with Crippen LogP contribution in [0.5, 0.6) is 5.75 Å². The molecule has 0 saturated heterocycles. The summed E-state index contributed by atoms with van der Waals surface area (Å²) in [4.78, 5) is 59.5. The van der Waals surface area contributed by atoms with E-state index in [0.717, 1.165) is 12.1 Å². The lowest BCUT2D eigenvalue weighted by Gasteiger charge is -2.27. The molecule has 0 aromatic heterocycles. The maximum atomic E-state index is 12.2. The highest BCUT2D eigenvalue weighted by atomic mass is 16.6. The number of ether oxygens (including phenoxy) is 4. The Morgan fingerprint density at radius 1 is 1.00 bits per heavy atom. The van der Waals surface area contributed by atoms with Gasteiger partial charge in [-0.3, -0.25) is 24.5 Å². The number of azo groups is 1. The number of nitrogens with one attached hydrogen (secondary N) is 1. The van der Waals surface area contributed by atoms with E-state index in [0.29, 0.717) is 5.69 Å². The Balaban J connectivity index is 2.66. The van der Waals surface area contributed by atoms with Crippen molar-refractivity contribution in [2.45, 2.75) is 27.7 Å². The van der Waals surface area contributed by atoms with Crippen molar-refractivity contribution < 1.29 is 43.0 Å². The van der Waals surface area contributed by atoms with Crippen LogP contribution in [-0.4, -0.2) is 68.8 Å². The minimum atomic E-state index is -0.856. The minimum absolute atomic E-state index is 0.00313. The van der Waals surface area contributed by atoms with Gasteiger partial charge in [-0.25, -0.2) is 4.79 Å². The van der Waals surface area contributed by atoms with Gasteiger partial charge in [0, 0.05) is 32.9 Å². The van der Waals surface area contributed by atoms with Crippen molar-refractivity contribution in [2.75, 3.05) is 50.2 Å². The summed E-state index contributed by atoms with van der Waals surface area (Å²) in [6.07, 6.45) is 0. The van der Waals surface area contributed by atoms with Gasteiger partial charge in [-0.15, -0.1) is 10.2 Å². The van der Waals surface area contributed by atoms with Gasteiger partial charge >= 0.3 is 17.9 Å². The van der Waals surface area contributed by atoms with Crippen LogP contribution in [0.3, 0.4) is 0 Å². The van der Waals surface area contributed by atoms with Crippen molar-refractivity contribution in [3.8, 4) is 11.8 Å². The predicted octanol–water partition coefficient (Wildman–Crippen LogP) is 3.96. The molecule has 0 unspecified atom stereocenters. The van der Waals surface area contributed by atoms with Crippen molar-refractivity contribution in [2.24, 2.45) is 10.2 Å². The highest BCUT2D eigenvalue weighted by molar-refractivity contribution is 5.94. The smallest absolute Gasteiger partial charge is 0.338 e. The van der Waals surface area contributed by atoms with Crippen molar-refractivity contribution >= 4 is 52.3 Å². The first kappa shape index (κ1) is 33.6. The number of amides is 1. The monoisotopic (exact) mass is 598 g/mol. The number of rotatable bonds is 14. The highest BCUT2D eigenvalue weighted by Crippen LogP contribution is 2.41. The maximum absolute atomic E-state index is 12.2. The quantitative estimate of drug-likeness (QED) is 0.108. The fraction of sp³-hybridized carbons (Fsp3) is 0.370. The maximum Gasteiger partial charge on any atom is 0.338 e. The van der Waals surface area contributed by atoms with Gasteiger partial charge in [-0.2, -0.15) is 5.26 Å². The third-order valence-corrected chi connectivity index (χ3v) is 5.46. The summed E-state index contributed by atoms with van der Waals surface area (Å²) in [7, 11) is 1.36. The van der Waals surface area contributed by atoms with Crippen LogP contribution in [0.15, 0.2) is 34.5 Å². The first-order valence-electron chi connectivity index (χ1n) is 12.7. The first-order valence-corrected chi connectivity index (χ1v) is 12.7. The van der Waals surface area contributed by atoms with Crippen molar-refractivity contribution in [3.63, 3.8) is 0 Å². The molecule has 0 radical (unpaired) electrons. The molecule has 1 N–H and O–H groups in total. The number of carbonyl (C=O) groups is 4. The number of anilines is 2. The summed E-state index contributed by atoms with van der Waals surface area (Å²) >= 11 is 0. The van der Waals surface area contributed by atoms with E-state index >= 15 is 0 Å². The number of benzene rings is 2. The zero-order chi connectivity index (χ0) is 32.1. The normalized spacial score (nSPS) is 10.4. The molecule has 2 rings (SSSR count). The molecule has 0 heterocycles. The number of nitro benzene ring substituents is 1. The van der Waals surface area contributed by atoms with Gasteiger partial charge in [0.2, 0.25) is 5.91 Å². The van der Waals surface area contributed by atoms with Gasteiger partial charge in [-0.1, -0.05) is 0 Å². The average Bonchev–Trinajstić information content (AvgIpc) is 2.94. The number of esters is 3. The van der Waals surface area contributed by atoms with Crippen LogP contribution in [0.4, 0.5) is 28.4 Å². The number of hydrogen-bond donors (Lipinski definition) is 1. The average molecular weight is 599 g/mol. The molecule has 0 fully saturated rings. The van der Waals surface area contributed by atoms with E-state index in [4.69, 9.17) is 18.9 Å². The summed E-state index contributed by atoms with van der Waals surface area (Å²) in [6, 6.07) is 6.67. The lowest BCUT2D eigenvalue weighted by molar-refractivity contribution is -0.384. The second-order valence-electron chi connectivity index (χ2n) is 8.57. The molecule has 0 saturated carbocycles. The second-order valence-corrected chi connectivity index (χ2v) is 8.57. The molecule has 0 bridgehead atoms. The second kappa shape index (κ2) is 16.0. The van der Waals surface area contributed by atoms with Crippen LogP contribution < -0.4 is 15.0 Å².